The van der Waals surface area contributed by atoms with Crippen LogP contribution in [0.4, 0.5) is 11.4 Å². The van der Waals surface area contributed by atoms with E-state index in [4.69, 9.17) is 29.3 Å². The van der Waals surface area contributed by atoms with E-state index in [1.807, 2.05) is 93.6 Å². The largest absolute Gasteiger partial charge is 0.344 e. The highest BCUT2D eigenvalue weighted by Gasteiger charge is 2.46. The smallest absolute Gasteiger partial charge is 0.333 e. The summed E-state index contributed by atoms with van der Waals surface area (Å²) < 4.78 is 85.9. The number of hydrogen-bond acceptors (Lipinski definition) is 21. The van der Waals surface area contributed by atoms with Crippen molar-refractivity contribution in [2.45, 2.75) is 124 Å². The Morgan fingerprint density at radius 2 is 1.46 bits per heavy atom. The zero-order chi connectivity index (χ0) is 60.6. The lowest BCUT2D eigenvalue weighted by molar-refractivity contribution is -0.438. The molecule has 450 valence electrons. The molecule has 3 aliphatic rings. The molecule has 5 aromatic carbocycles. The van der Waals surface area contributed by atoms with Gasteiger partial charge in [0.1, 0.15) is 6.54 Å². The Labute approximate surface area is 498 Å². The number of anilines is 1. The predicted octanol–water partition coefficient (Wildman–Crippen LogP) is 11.9. The minimum atomic E-state index is -4.76. The molecule has 1 saturated heterocycles. The maximum atomic E-state index is 12.8. The van der Waals surface area contributed by atoms with Crippen molar-refractivity contribution in [2.24, 2.45) is 0 Å². The molecule has 27 heteroatoms. The highest BCUT2D eigenvalue weighted by atomic mass is 32.2. The van der Waals surface area contributed by atoms with Crippen LogP contribution in [0.25, 0.3) is 27.1 Å². The third-order valence-corrected chi connectivity index (χ3v) is 18.5. The molecule has 0 aromatic heterocycles. The summed E-state index contributed by atoms with van der Waals surface area (Å²) in [6.07, 6.45) is 11.4. The van der Waals surface area contributed by atoms with Crippen molar-refractivity contribution in [3.8, 4) is 0 Å². The number of rotatable bonds is 29. The molecule has 22 nitrogen and oxygen atoms in total. The second kappa shape index (κ2) is 27.9. The molecule has 5 aromatic rings. The number of carbonyl (C=O) groups is 3. The third kappa shape index (κ3) is 15.0. The molecule has 8 rings (SSSR count). The molecule has 1 fully saturated rings. The number of amides is 2. The van der Waals surface area contributed by atoms with Crippen LogP contribution in [0.15, 0.2) is 117 Å². The topological polar surface area (TPSA) is 295 Å². The molecule has 0 unspecified atom stereocenters. The van der Waals surface area contributed by atoms with Gasteiger partial charge in [0.15, 0.2) is 5.71 Å². The van der Waals surface area contributed by atoms with E-state index in [1.165, 1.54) is 12.1 Å². The number of allylic oxidation sites excluding steroid dienone is 6. The average Bonchev–Trinajstić information content (AvgIpc) is 2.89. The van der Waals surface area contributed by atoms with E-state index in [0.717, 1.165) is 91.0 Å². The molecule has 0 atom stereocenters. The first kappa shape index (κ1) is 64.4. The fourth-order valence-electron chi connectivity index (χ4n) is 11.3. The molecule has 0 bridgehead atoms. The van der Waals surface area contributed by atoms with Gasteiger partial charge in [0, 0.05) is 94.3 Å². The van der Waals surface area contributed by atoms with Crippen molar-refractivity contribution in [3.05, 3.63) is 131 Å². The van der Waals surface area contributed by atoms with E-state index in [2.05, 4.69) is 48.8 Å². The van der Waals surface area contributed by atoms with Gasteiger partial charge in [-0.05, 0) is 157 Å². The number of unbranched alkanes of at least 4 members (excludes halogenated alkanes) is 3. The summed E-state index contributed by atoms with van der Waals surface area (Å²) in [5.41, 5.74) is 6.91. The fourth-order valence-corrected chi connectivity index (χ4v) is 13.9. The summed E-state index contributed by atoms with van der Waals surface area (Å²) in [6, 6.07) is 22.2. The molecule has 0 aliphatic carbocycles. The van der Waals surface area contributed by atoms with Crippen LogP contribution in [0.5, 0.6) is 0 Å². The Balaban J connectivity index is 1.26. The summed E-state index contributed by atoms with van der Waals surface area (Å²) in [5, 5.41) is 41.9. The second-order valence-electron chi connectivity index (χ2n) is 21.3. The van der Waals surface area contributed by atoms with E-state index < -0.39 is 59.5 Å². The summed E-state index contributed by atoms with van der Waals surface area (Å²) in [6.45, 7) is 11.1. The summed E-state index contributed by atoms with van der Waals surface area (Å²) in [5.74, 6) is -1.73. The molecule has 3 aliphatic heterocycles. The molecule has 0 spiro atoms. The Morgan fingerprint density at radius 1 is 0.750 bits per heavy atom. The van der Waals surface area contributed by atoms with Crippen LogP contribution >= 0.6 is 36.1 Å². The van der Waals surface area contributed by atoms with E-state index >= 15 is 0 Å². The first-order valence-electron chi connectivity index (χ1n) is 26.7. The maximum Gasteiger partial charge on any atom is 0.333 e. The van der Waals surface area contributed by atoms with Gasteiger partial charge in [-0.15, -0.1) is 18.1 Å². The summed E-state index contributed by atoms with van der Waals surface area (Å²) in [7, 11) is -8.99. The van der Waals surface area contributed by atoms with Crippen LogP contribution in [0, 0.1) is 6.92 Å². The van der Waals surface area contributed by atoms with Gasteiger partial charge >= 0.3 is 5.97 Å². The van der Waals surface area contributed by atoms with Gasteiger partial charge in [-0.2, -0.15) is 21.4 Å². The normalized spacial score (nSPS) is 16.6. The summed E-state index contributed by atoms with van der Waals surface area (Å²) >= 11 is 2.34. The first-order valence-corrected chi connectivity index (χ1v) is 32.1. The quantitative estimate of drug-likeness (QED) is 0.00434. The van der Waals surface area contributed by atoms with Gasteiger partial charge in [-0.25, -0.2) is 20.6 Å². The Morgan fingerprint density at radius 3 is 2.18 bits per heavy atom. The number of hydroxylamine groups is 2. The number of benzene rings is 5. The van der Waals surface area contributed by atoms with Gasteiger partial charge in [-0.1, -0.05) is 65.4 Å². The van der Waals surface area contributed by atoms with Crippen LogP contribution in [0.2, 0.25) is 0 Å². The number of carbonyl (C=O) groups excluding carboxylic acids is 3. The Kier molecular flexibility index (Phi) is 21.4. The van der Waals surface area contributed by atoms with Gasteiger partial charge in [0.05, 0.1) is 40.1 Å². The maximum absolute atomic E-state index is 12.8. The third-order valence-electron chi connectivity index (χ3n) is 15.0. The Bertz CT molecular complexity index is 3680. The van der Waals surface area contributed by atoms with Crippen molar-refractivity contribution in [3.63, 3.8) is 0 Å². The fraction of sp³-hybridized carbons (Fsp3) is 0.368. The number of nitrogens with zero attached hydrogens (tertiary/aromatic N) is 3. The highest BCUT2D eigenvalue weighted by molar-refractivity contribution is 7.95. The molecular weight excluding hydrogens is 1190 g/mol. The first-order chi connectivity index (χ1) is 40.0. The van der Waals surface area contributed by atoms with Crippen LogP contribution in [-0.2, 0) is 84.8 Å². The molecule has 0 radical (unpaired) electrons. The predicted molar refractivity (Wildman–Crippen MR) is 315 cm³/mol. The minimum Gasteiger partial charge on any atom is -0.344 e. The van der Waals surface area contributed by atoms with Gasteiger partial charge in [0.2, 0.25) is 5.69 Å². The van der Waals surface area contributed by atoms with Crippen LogP contribution in [0.1, 0.15) is 113 Å². The Hall–Kier alpha value is -5.57. The number of fused-ring (bicyclic) bond motifs is 6. The minimum absolute atomic E-state index is 0.0101. The molecule has 2 amide bonds. The molecule has 5 N–H and O–H groups in total. The lowest BCUT2D eigenvalue weighted by Crippen LogP contribution is -2.31. The van der Waals surface area contributed by atoms with Gasteiger partial charge in [0.25, 0.3) is 32.1 Å². The van der Waals surface area contributed by atoms with Crippen molar-refractivity contribution in [2.75, 3.05) is 29.5 Å². The summed E-state index contributed by atoms with van der Waals surface area (Å²) in [4.78, 5) is 44.6. The van der Waals surface area contributed by atoms with E-state index in [-0.39, 0.29) is 30.6 Å². The standard InChI is InChI=1S/C57H63N3O19S5/c1-36-31-40(81-78-75-65)33-44-42(36)19-21-46-54(44)56(2,3)49(59(46)28-9-11-30-83(67,68)69)23-17-38(39-15-12-14-37(32-39)13-6-7-16-53(63)73-60-51(61)25-26-52(60)62)18-24-50-57(4,5)55-45-34-41(84(70,71)72)35-48(82-79-76-66)43(45)20-22-47(55)58(50)27-8-10-29-80-77-74-64/h12,14-15,17-24,31-35H,6-11,13,16,25-30H2,1-5H3,(H4-,64,65,66,67,68,69,70,71,72)/p+1. The van der Waals surface area contributed by atoms with Crippen molar-refractivity contribution in [1.29, 1.82) is 0 Å². The van der Waals surface area contributed by atoms with Crippen LogP contribution in [-0.4, -0.2) is 99.4 Å². The highest BCUT2D eigenvalue weighted by Crippen LogP contribution is 2.52. The molecule has 84 heavy (non-hydrogen) atoms. The van der Waals surface area contributed by atoms with E-state index in [1.54, 1.807) is 6.07 Å². The average molecular weight is 1260 g/mol. The SMILES string of the molecule is Cc1cc(SOOO)cc2c3c(ccc12)N(CCCCS(=O)(=O)O)/C(=C/C=C(/C=C/C1=[N+](CCCCSOOO)c2ccc4c(SOOO)cc(S(=O)(=O)O)cc4c2C1(C)C)c1cccc(CCCCC(=O)ON2C(=O)CCC2=O)c1)C3(C)C. The van der Waals surface area contributed by atoms with Gasteiger partial charge in [-0.3, -0.25) is 18.7 Å². The zero-order valence-corrected chi connectivity index (χ0v) is 50.6. The molecule has 3 heterocycles. The van der Waals surface area contributed by atoms with Crippen molar-refractivity contribution >= 4 is 118 Å². The second-order valence-corrected chi connectivity index (χ2v) is 26.6. The lowest BCUT2D eigenvalue weighted by atomic mass is 9.78. The molecule has 0 saturated carbocycles. The van der Waals surface area contributed by atoms with Crippen LogP contribution < -0.4 is 4.90 Å². The van der Waals surface area contributed by atoms with Crippen molar-refractivity contribution < 1.29 is 93.6 Å². The van der Waals surface area contributed by atoms with Crippen molar-refractivity contribution in [1.82, 2.24) is 5.06 Å². The number of hydrogen-bond donors (Lipinski definition) is 5. The molecular formula is C57H64N3O19S5+. The monoisotopic (exact) mass is 1250 g/mol. The number of imide groups is 1. The van der Waals surface area contributed by atoms with Crippen LogP contribution in [0.3, 0.4) is 0 Å². The number of aryl methyl sites for hydroxylation is 2. The lowest BCUT2D eigenvalue weighted by Gasteiger charge is -2.27. The van der Waals surface area contributed by atoms with E-state index in [0.29, 0.717) is 90.1 Å². The van der Waals surface area contributed by atoms with Gasteiger partial charge < -0.3 is 9.74 Å². The van der Waals surface area contributed by atoms with E-state index in [9.17, 15) is 40.3 Å². The zero-order valence-electron chi connectivity index (χ0n) is 46.5.